The van der Waals surface area contributed by atoms with Crippen LogP contribution in [-0.2, 0) is 16.1 Å². The summed E-state index contributed by atoms with van der Waals surface area (Å²) in [5, 5.41) is 15.7. The lowest BCUT2D eigenvalue weighted by molar-refractivity contribution is -0.118. The van der Waals surface area contributed by atoms with Gasteiger partial charge in [0.25, 0.3) is 11.8 Å². The van der Waals surface area contributed by atoms with E-state index < -0.39 is 11.8 Å². The largest absolute Gasteiger partial charge is 0.383 e. The van der Waals surface area contributed by atoms with Gasteiger partial charge in [-0.3, -0.25) is 19.0 Å². The molecular weight excluding hydrogens is 432 g/mol. The van der Waals surface area contributed by atoms with Gasteiger partial charge in [0, 0.05) is 50.2 Å². The van der Waals surface area contributed by atoms with Crippen molar-refractivity contribution in [2.75, 3.05) is 12.4 Å². The van der Waals surface area contributed by atoms with Gasteiger partial charge in [0.2, 0.25) is 5.78 Å². The van der Waals surface area contributed by atoms with Crippen LogP contribution in [-0.4, -0.2) is 44.4 Å². The second-order valence-electron chi connectivity index (χ2n) is 7.19. The summed E-state index contributed by atoms with van der Waals surface area (Å²) in [7, 11) is 1.51. The van der Waals surface area contributed by atoms with Gasteiger partial charge in [-0.1, -0.05) is 30.3 Å². The van der Waals surface area contributed by atoms with E-state index in [2.05, 4.69) is 30.9 Å². The maximum atomic E-state index is 12.9. The van der Waals surface area contributed by atoms with E-state index in [-0.39, 0.29) is 23.6 Å². The molecule has 0 saturated heterocycles. The van der Waals surface area contributed by atoms with Crippen LogP contribution in [0, 0.1) is 5.41 Å². The highest BCUT2D eigenvalue weighted by atomic mass is 16.2. The smallest absolute Gasteiger partial charge is 0.273 e. The monoisotopic (exact) mass is 454 g/mol. The molecule has 4 N–H and O–H groups in total. The Kier molecular flexibility index (Phi) is 6.68. The van der Waals surface area contributed by atoms with Gasteiger partial charge < -0.3 is 21.4 Å². The molecule has 3 heterocycles. The molecule has 0 atom stereocenters. The molecule has 0 fully saturated rings. The Bertz CT molecular complexity index is 1360. The number of nitrogens with one attached hydrogen (secondary N) is 4. The molecule has 10 nitrogen and oxygen atoms in total. The summed E-state index contributed by atoms with van der Waals surface area (Å²) >= 11 is 0. The molecule has 1 aromatic carbocycles. The number of rotatable bonds is 8. The first-order valence-corrected chi connectivity index (χ1v) is 10.4. The average molecular weight is 454 g/mol. The summed E-state index contributed by atoms with van der Waals surface area (Å²) in [5.41, 5.74) is 2.38. The van der Waals surface area contributed by atoms with E-state index in [1.54, 1.807) is 41.2 Å². The zero-order valence-electron chi connectivity index (χ0n) is 18.3. The van der Waals surface area contributed by atoms with E-state index in [1.807, 2.05) is 36.5 Å². The number of aromatic nitrogens is 4. The Morgan fingerprint density at radius 3 is 2.50 bits per heavy atom. The molecule has 0 aliphatic carbocycles. The minimum absolute atomic E-state index is 0.0581. The summed E-state index contributed by atoms with van der Waals surface area (Å²) in [6.07, 6.45) is 7.66. The molecule has 4 aromatic rings. The number of nitrogens with zero attached hydrogens (tertiary/aromatic N) is 4. The fourth-order valence-electron chi connectivity index (χ4n) is 3.27. The van der Waals surface area contributed by atoms with E-state index in [1.165, 1.54) is 7.05 Å². The lowest BCUT2D eigenvalue weighted by atomic mass is 10.1. The Morgan fingerprint density at radius 1 is 1.03 bits per heavy atom. The molecule has 0 radical (unpaired) electrons. The molecule has 0 spiro atoms. The lowest BCUT2D eigenvalue weighted by Gasteiger charge is -2.12. The van der Waals surface area contributed by atoms with Crippen molar-refractivity contribution in [1.82, 2.24) is 30.0 Å². The van der Waals surface area contributed by atoms with Gasteiger partial charge in [0.15, 0.2) is 0 Å². The minimum Gasteiger partial charge on any atom is -0.383 e. The second-order valence-corrected chi connectivity index (χ2v) is 7.19. The number of anilines is 1. The third-order valence-corrected chi connectivity index (χ3v) is 4.98. The number of imidazole rings is 1. The number of fused-ring (bicyclic) bond motifs is 1. The molecule has 0 aliphatic heterocycles. The van der Waals surface area contributed by atoms with Gasteiger partial charge in [-0.05, 0) is 23.8 Å². The summed E-state index contributed by atoms with van der Waals surface area (Å²) in [4.78, 5) is 38.4. The van der Waals surface area contributed by atoms with Crippen molar-refractivity contribution in [3.8, 4) is 11.3 Å². The summed E-state index contributed by atoms with van der Waals surface area (Å²) in [5.74, 6) is -0.492. The van der Waals surface area contributed by atoms with E-state index in [0.717, 1.165) is 23.0 Å². The average Bonchev–Trinajstić information content (AvgIpc) is 3.30. The fourth-order valence-corrected chi connectivity index (χ4v) is 3.27. The van der Waals surface area contributed by atoms with Crippen molar-refractivity contribution in [1.29, 1.82) is 5.41 Å². The summed E-state index contributed by atoms with van der Waals surface area (Å²) in [6.45, 7) is 0.235. The van der Waals surface area contributed by atoms with Crippen LogP contribution >= 0.6 is 0 Å². The van der Waals surface area contributed by atoms with Crippen LogP contribution in [0.3, 0.4) is 0 Å². The van der Waals surface area contributed by atoms with Crippen LogP contribution < -0.4 is 16.0 Å². The minimum atomic E-state index is -0.605. The predicted octanol–water partition coefficient (Wildman–Crippen LogP) is 2.17. The van der Waals surface area contributed by atoms with E-state index >= 15 is 0 Å². The fraction of sp³-hybridized carbons (Fsp3) is 0.0833. The lowest BCUT2D eigenvalue weighted by Crippen LogP contribution is -2.32. The van der Waals surface area contributed by atoms with Crippen LogP contribution in [0.5, 0.6) is 0 Å². The molecule has 34 heavy (non-hydrogen) atoms. The van der Waals surface area contributed by atoms with Crippen molar-refractivity contribution in [2.24, 2.45) is 0 Å². The van der Waals surface area contributed by atoms with Crippen LogP contribution in [0.1, 0.15) is 5.56 Å². The number of pyridine rings is 1. The second kappa shape index (κ2) is 10.2. The number of hydrogen-bond donors (Lipinski definition) is 4. The van der Waals surface area contributed by atoms with Gasteiger partial charge >= 0.3 is 0 Å². The standard InChI is InChI=1S/C24H22N8O2/c1-26-21(18(13-25)22(33)28-14-16-7-10-27-11-8-16)23(34)30-20-9-12-32-15-19(29-24(32)31-20)17-5-3-2-4-6-17/h2-13,15,25-26H,14H2,1H3,(H,28,33)(H,29,30,31,34)/b21-18+,25-13?. The quantitative estimate of drug-likeness (QED) is 0.238. The molecule has 2 amide bonds. The van der Waals surface area contributed by atoms with Gasteiger partial charge in [-0.15, -0.1) is 0 Å². The first-order chi connectivity index (χ1) is 16.6. The molecule has 0 saturated carbocycles. The van der Waals surface area contributed by atoms with Crippen LogP contribution in [0.15, 0.2) is 84.6 Å². The molecule has 10 heteroatoms. The van der Waals surface area contributed by atoms with E-state index in [9.17, 15) is 9.59 Å². The molecule has 170 valence electrons. The molecule has 0 unspecified atom stereocenters. The van der Waals surface area contributed by atoms with Gasteiger partial charge in [-0.2, -0.15) is 4.98 Å². The Morgan fingerprint density at radius 2 is 1.79 bits per heavy atom. The topological polar surface area (TPSA) is 137 Å². The Labute approximate surface area is 195 Å². The number of amides is 2. The van der Waals surface area contributed by atoms with Crippen molar-refractivity contribution >= 4 is 29.6 Å². The summed E-state index contributed by atoms with van der Waals surface area (Å²) < 4.78 is 1.75. The number of benzene rings is 1. The third kappa shape index (κ3) is 4.96. The molecular formula is C24H22N8O2. The zero-order chi connectivity index (χ0) is 23.9. The van der Waals surface area contributed by atoms with Gasteiger partial charge in [0.05, 0.1) is 11.3 Å². The van der Waals surface area contributed by atoms with Crippen molar-refractivity contribution in [3.63, 3.8) is 0 Å². The normalized spacial score (nSPS) is 11.4. The highest BCUT2D eigenvalue weighted by molar-refractivity contribution is 6.19. The van der Waals surface area contributed by atoms with E-state index in [4.69, 9.17) is 5.41 Å². The van der Waals surface area contributed by atoms with Crippen molar-refractivity contribution < 1.29 is 9.59 Å². The van der Waals surface area contributed by atoms with Crippen LogP contribution in [0.25, 0.3) is 17.0 Å². The maximum Gasteiger partial charge on any atom is 0.273 e. The molecule has 3 aromatic heterocycles. The zero-order valence-corrected chi connectivity index (χ0v) is 18.3. The molecule has 0 aliphatic rings. The first-order valence-electron chi connectivity index (χ1n) is 10.4. The highest BCUT2D eigenvalue weighted by Crippen LogP contribution is 2.19. The summed E-state index contributed by atoms with van der Waals surface area (Å²) in [6, 6.07) is 14.8. The highest BCUT2D eigenvalue weighted by Gasteiger charge is 2.19. The number of likely N-dealkylation sites (N-methyl/N-ethyl adjacent to an activating group) is 1. The predicted molar refractivity (Wildman–Crippen MR) is 128 cm³/mol. The Hall–Kier alpha value is -4.86. The van der Waals surface area contributed by atoms with Gasteiger partial charge in [0.1, 0.15) is 11.5 Å². The van der Waals surface area contributed by atoms with Crippen LogP contribution in [0.4, 0.5) is 5.82 Å². The number of carbonyl (C=O) groups is 2. The number of carbonyl (C=O) groups excluding carboxylic acids is 2. The molecule has 4 rings (SSSR count). The maximum absolute atomic E-state index is 12.9. The SMILES string of the molecule is CN/C(C(=O)Nc1ccn2cc(-c3ccccc3)nc2n1)=C(\C=N)C(=O)NCc1ccncc1. The van der Waals surface area contributed by atoms with E-state index in [0.29, 0.717) is 5.78 Å². The molecule has 0 bridgehead atoms. The number of hydrogen-bond acceptors (Lipinski definition) is 7. The van der Waals surface area contributed by atoms with Crippen molar-refractivity contribution in [2.45, 2.75) is 6.54 Å². The van der Waals surface area contributed by atoms with Gasteiger partial charge in [-0.25, -0.2) is 4.98 Å². The van der Waals surface area contributed by atoms with Crippen LogP contribution in [0.2, 0.25) is 0 Å². The van der Waals surface area contributed by atoms with Crippen molar-refractivity contribution in [3.05, 3.63) is 90.2 Å². The Balaban J connectivity index is 1.52. The first kappa shape index (κ1) is 22.3. The third-order valence-electron chi connectivity index (χ3n) is 4.98.